The highest BCUT2D eigenvalue weighted by Gasteiger charge is 2.25. The predicted octanol–water partition coefficient (Wildman–Crippen LogP) is 4.72. The van der Waals surface area contributed by atoms with E-state index in [-0.39, 0.29) is 18.8 Å². The number of unbranched alkanes of at least 4 members (excludes halogenated alkanes) is 1. The van der Waals surface area contributed by atoms with Crippen LogP contribution in [-0.2, 0) is 4.74 Å². The van der Waals surface area contributed by atoms with Gasteiger partial charge in [0.15, 0.2) is 11.5 Å². The first kappa shape index (κ1) is 23.1. The highest BCUT2D eigenvalue weighted by Crippen LogP contribution is 2.25. The van der Waals surface area contributed by atoms with Gasteiger partial charge < -0.3 is 9.84 Å². The first-order valence-corrected chi connectivity index (χ1v) is 10.0. The van der Waals surface area contributed by atoms with E-state index in [1.807, 2.05) is 0 Å². The van der Waals surface area contributed by atoms with Crippen LogP contribution in [0.5, 0.6) is 0 Å². The molecule has 170 valence electrons. The average molecular weight is 446 g/mol. The molecule has 10 heteroatoms. The summed E-state index contributed by atoms with van der Waals surface area (Å²) in [5.74, 6) is -2.00. The van der Waals surface area contributed by atoms with Crippen LogP contribution in [0.2, 0.25) is 0 Å². The molecule has 2 heterocycles. The summed E-state index contributed by atoms with van der Waals surface area (Å²) in [7, 11) is 0. The van der Waals surface area contributed by atoms with E-state index in [1.165, 1.54) is 27.7 Å². The molecule has 0 atom stereocenters. The van der Waals surface area contributed by atoms with Crippen molar-refractivity contribution in [1.82, 2.24) is 14.6 Å². The van der Waals surface area contributed by atoms with Crippen molar-refractivity contribution in [3.05, 3.63) is 47.9 Å². The first-order valence-electron chi connectivity index (χ1n) is 10.0. The maximum atomic E-state index is 14.2. The van der Waals surface area contributed by atoms with E-state index in [4.69, 9.17) is 9.84 Å². The molecule has 1 amide bonds. The zero-order valence-electron chi connectivity index (χ0n) is 18.0. The number of hydrogen-bond donors (Lipinski definition) is 1. The molecule has 0 aliphatic carbocycles. The minimum absolute atomic E-state index is 0.198. The summed E-state index contributed by atoms with van der Waals surface area (Å²) in [6.07, 6.45) is 1.55. The van der Waals surface area contributed by atoms with E-state index in [0.29, 0.717) is 23.3 Å². The number of rotatable bonds is 7. The molecule has 0 aliphatic heterocycles. The van der Waals surface area contributed by atoms with Crippen LogP contribution in [0.1, 0.15) is 44.0 Å². The number of carboxylic acid groups (broad SMARTS) is 1. The van der Waals surface area contributed by atoms with Gasteiger partial charge in [-0.05, 0) is 57.9 Å². The molecule has 1 aromatic carbocycles. The van der Waals surface area contributed by atoms with Crippen molar-refractivity contribution < 1.29 is 28.2 Å². The number of halogens is 2. The number of alkyl halides is 1. The smallest absolute Gasteiger partial charge is 0.416 e. The van der Waals surface area contributed by atoms with Gasteiger partial charge in [-0.1, -0.05) is 6.07 Å². The number of hydrogen-bond acceptors (Lipinski definition) is 5. The number of carbonyl (C=O) groups is 2. The number of fused-ring (bicyclic) bond motifs is 1. The molecule has 32 heavy (non-hydrogen) atoms. The van der Waals surface area contributed by atoms with E-state index < -0.39 is 35.7 Å². The summed E-state index contributed by atoms with van der Waals surface area (Å²) in [5.41, 5.74) is 0.0411. The summed E-state index contributed by atoms with van der Waals surface area (Å²) < 4.78 is 33.7. The van der Waals surface area contributed by atoms with Gasteiger partial charge in [0.2, 0.25) is 0 Å². The quantitative estimate of drug-likeness (QED) is 0.527. The second kappa shape index (κ2) is 9.29. The number of carbonyl (C=O) groups excluding carboxylic acids is 1. The molecule has 0 unspecified atom stereocenters. The Balaban J connectivity index is 2.02. The Morgan fingerprint density at radius 2 is 1.94 bits per heavy atom. The van der Waals surface area contributed by atoms with Gasteiger partial charge in [0.1, 0.15) is 11.4 Å². The Bertz CT molecular complexity index is 1140. The Hall–Kier alpha value is -3.56. The van der Waals surface area contributed by atoms with Crippen molar-refractivity contribution >= 4 is 23.5 Å². The zero-order chi connectivity index (χ0) is 23.5. The number of imidazole rings is 1. The van der Waals surface area contributed by atoms with Crippen LogP contribution in [0.25, 0.3) is 16.9 Å². The van der Waals surface area contributed by atoms with E-state index in [2.05, 4.69) is 10.1 Å². The maximum Gasteiger partial charge on any atom is 0.416 e. The molecule has 1 N–H and O–H groups in total. The normalized spacial score (nSPS) is 11.5. The van der Waals surface area contributed by atoms with Gasteiger partial charge in [-0.2, -0.15) is 0 Å². The van der Waals surface area contributed by atoms with Gasteiger partial charge in [-0.3, -0.25) is 9.29 Å². The number of nitrogens with zero attached hydrogens (tertiary/aromatic N) is 4. The Morgan fingerprint density at radius 3 is 2.56 bits per heavy atom. The van der Waals surface area contributed by atoms with E-state index in [1.54, 1.807) is 32.9 Å². The molecule has 0 radical (unpaired) electrons. The molecule has 2 aromatic heterocycles. The molecular formula is C22H24F2N4O4. The maximum absolute atomic E-state index is 14.2. The second-order valence-corrected chi connectivity index (χ2v) is 8.13. The van der Waals surface area contributed by atoms with Crippen LogP contribution < -0.4 is 4.90 Å². The van der Waals surface area contributed by atoms with Gasteiger partial charge in [0.25, 0.3) is 0 Å². The summed E-state index contributed by atoms with van der Waals surface area (Å²) in [5, 5.41) is 13.5. The van der Waals surface area contributed by atoms with Crippen molar-refractivity contribution in [3.8, 4) is 11.3 Å². The molecule has 3 aromatic rings. The summed E-state index contributed by atoms with van der Waals surface area (Å²) in [6.45, 7) is 4.92. The molecular weight excluding hydrogens is 422 g/mol. The summed E-state index contributed by atoms with van der Waals surface area (Å²) in [6, 6.07) is 6.95. The van der Waals surface area contributed by atoms with Crippen molar-refractivity contribution in [1.29, 1.82) is 0 Å². The third kappa shape index (κ3) is 5.19. The fourth-order valence-electron chi connectivity index (χ4n) is 3.03. The highest BCUT2D eigenvalue weighted by molar-refractivity contribution is 5.89. The Morgan fingerprint density at radius 1 is 1.19 bits per heavy atom. The summed E-state index contributed by atoms with van der Waals surface area (Å²) >= 11 is 0. The van der Waals surface area contributed by atoms with Crippen LogP contribution in [0.15, 0.2) is 36.5 Å². The minimum Gasteiger partial charge on any atom is -0.478 e. The van der Waals surface area contributed by atoms with Crippen LogP contribution in [0, 0.1) is 5.82 Å². The van der Waals surface area contributed by atoms with Crippen molar-refractivity contribution in [2.75, 3.05) is 18.1 Å². The highest BCUT2D eigenvalue weighted by atomic mass is 19.1. The fraction of sp³-hybridized carbons (Fsp3) is 0.364. The average Bonchev–Trinajstić information content (AvgIpc) is 3.12. The number of benzene rings is 1. The lowest BCUT2D eigenvalue weighted by Crippen LogP contribution is -2.38. The topological polar surface area (TPSA) is 97.0 Å². The molecule has 0 bridgehead atoms. The number of anilines is 1. The summed E-state index contributed by atoms with van der Waals surface area (Å²) in [4.78, 5) is 29.4. The van der Waals surface area contributed by atoms with E-state index in [9.17, 15) is 18.4 Å². The lowest BCUT2D eigenvalue weighted by atomic mass is 10.1. The standard InChI is InChI=1S/C22H24F2N4O4/c1-22(2,3)32-21(31)27(11-5-4-10-23)19-9-8-18-25-13-17(28(18)26-19)14-6-7-15(20(29)30)16(24)12-14/h6-9,12-13H,4-5,10-11H2,1-3H3,(H,29,30). The zero-order valence-corrected chi connectivity index (χ0v) is 18.0. The second-order valence-electron chi connectivity index (χ2n) is 8.13. The van der Waals surface area contributed by atoms with Crippen LogP contribution >= 0.6 is 0 Å². The van der Waals surface area contributed by atoms with Crippen LogP contribution in [0.4, 0.5) is 19.4 Å². The fourth-order valence-corrected chi connectivity index (χ4v) is 3.03. The minimum atomic E-state index is -1.37. The number of amides is 1. The van der Waals surface area contributed by atoms with E-state index >= 15 is 0 Å². The van der Waals surface area contributed by atoms with Crippen LogP contribution in [-0.4, -0.2) is 50.6 Å². The molecule has 3 rings (SSSR count). The van der Waals surface area contributed by atoms with Gasteiger partial charge in [0.05, 0.1) is 24.1 Å². The number of carboxylic acids is 1. The lowest BCUT2D eigenvalue weighted by Gasteiger charge is -2.26. The van der Waals surface area contributed by atoms with Gasteiger partial charge in [-0.15, -0.1) is 5.10 Å². The number of aromatic carboxylic acids is 1. The third-order valence-electron chi connectivity index (χ3n) is 4.50. The molecule has 0 saturated carbocycles. The van der Waals surface area contributed by atoms with Crippen molar-refractivity contribution in [2.24, 2.45) is 0 Å². The molecule has 8 nitrogen and oxygen atoms in total. The first-order chi connectivity index (χ1) is 15.1. The Kier molecular flexibility index (Phi) is 6.71. The van der Waals surface area contributed by atoms with Crippen molar-refractivity contribution in [2.45, 2.75) is 39.2 Å². The van der Waals surface area contributed by atoms with E-state index in [0.717, 1.165) is 6.07 Å². The van der Waals surface area contributed by atoms with Gasteiger partial charge in [0, 0.05) is 12.1 Å². The molecule has 0 fully saturated rings. The SMILES string of the molecule is CC(C)(C)OC(=O)N(CCCCF)c1ccc2ncc(-c3ccc(C(=O)O)c(F)c3)n2n1. The number of ether oxygens (including phenoxy) is 1. The monoisotopic (exact) mass is 446 g/mol. The largest absolute Gasteiger partial charge is 0.478 e. The third-order valence-corrected chi connectivity index (χ3v) is 4.50. The molecule has 0 saturated heterocycles. The molecule has 0 aliphatic rings. The lowest BCUT2D eigenvalue weighted by molar-refractivity contribution is 0.0577. The number of aromatic nitrogens is 3. The molecule has 0 spiro atoms. The predicted molar refractivity (Wildman–Crippen MR) is 114 cm³/mol. The van der Waals surface area contributed by atoms with Gasteiger partial charge >= 0.3 is 12.1 Å². The van der Waals surface area contributed by atoms with Gasteiger partial charge in [-0.25, -0.2) is 23.5 Å². The van der Waals surface area contributed by atoms with Crippen LogP contribution in [0.3, 0.4) is 0 Å². The van der Waals surface area contributed by atoms with Crippen molar-refractivity contribution in [3.63, 3.8) is 0 Å². The Labute approximate surface area is 183 Å².